The van der Waals surface area contributed by atoms with E-state index in [-0.39, 0.29) is 160 Å². The standard InChI is InChI=1S/3C33H36N4O4.4ClH.2Fe/c38-24-32(26-10-4-1-5-11-26)36-20-28-14-16-30(22-34-28)40-18-8-3-9-19-41-31-17-15-29(35-23-31)21-37-33(25-39)27-12-6-2-7-13-27;2*38-24-32(26-10-4-1-5-11-26)36-21-28-14-15-31(23-35-28)41-19-9-3-8-18-40-30-16-17-34-29(20-30)22-37-33(25-39)27-12-6-2-7-13-27;;;;;;/h3*1-2,4-7,10-17,20-23,32-33,38-39H,3,8-9,18-19,24-25H2;4*1H;;/q;;;;;;;2*+2/p-4/t3*32-,33-;;;;;;/m000....../s1. The summed E-state index contributed by atoms with van der Waals surface area (Å²) < 4.78 is 35.0. The van der Waals surface area contributed by atoms with Gasteiger partial charge in [-0.15, -0.1) is 0 Å². The maximum Gasteiger partial charge on any atom is 2.00 e. The summed E-state index contributed by atoms with van der Waals surface area (Å²) in [6.45, 7) is 3.19. The number of unbranched alkanes of at least 4 members (excludes halogenated alkanes) is 6. The van der Waals surface area contributed by atoms with Crippen molar-refractivity contribution in [3.05, 3.63) is 360 Å². The molecule has 0 aliphatic rings. The Hall–Kier alpha value is -11.0. The molecule has 12 aromatic rings. The molecule has 6 atom stereocenters. The molecule has 129 heavy (non-hydrogen) atoms. The van der Waals surface area contributed by atoms with Crippen LogP contribution in [0.5, 0.6) is 34.5 Å². The van der Waals surface area contributed by atoms with Gasteiger partial charge >= 0.3 is 34.1 Å². The molecule has 6 heterocycles. The Morgan fingerprint density at radius 3 is 0.581 bits per heavy atom. The molecule has 0 fully saturated rings. The van der Waals surface area contributed by atoms with Gasteiger partial charge in [-0.2, -0.15) is 0 Å². The number of benzene rings is 6. The molecule has 0 unspecified atom stereocenters. The van der Waals surface area contributed by atoms with Gasteiger partial charge in [0.05, 0.1) is 174 Å². The van der Waals surface area contributed by atoms with Gasteiger partial charge in [-0.05, 0) is 152 Å². The van der Waals surface area contributed by atoms with Crippen molar-refractivity contribution < 1.29 is 143 Å². The monoisotopic (exact) mass is 1910 g/mol. The van der Waals surface area contributed by atoms with E-state index in [1.165, 1.54) is 0 Å². The molecule has 0 aliphatic heterocycles. The molecule has 0 bridgehead atoms. The second kappa shape index (κ2) is 66.4. The molecule has 0 saturated heterocycles. The van der Waals surface area contributed by atoms with Crippen molar-refractivity contribution >= 4 is 37.3 Å². The van der Waals surface area contributed by atoms with Crippen molar-refractivity contribution in [2.45, 2.75) is 94.0 Å². The maximum absolute atomic E-state index is 9.69. The van der Waals surface area contributed by atoms with Crippen molar-refractivity contribution in [1.29, 1.82) is 0 Å². The number of ether oxygens (including phenoxy) is 6. The molecule has 6 aromatic carbocycles. The summed E-state index contributed by atoms with van der Waals surface area (Å²) in [4.78, 5) is 53.0. The third-order valence-electron chi connectivity index (χ3n) is 19.0. The van der Waals surface area contributed by atoms with Gasteiger partial charge in [0, 0.05) is 61.8 Å². The second-order valence-corrected chi connectivity index (χ2v) is 28.1. The molecule has 0 saturated carbocycles. The van der Waals surface area contributed by atoms with E-state index >= 15 is 0 Å². The van der Waals surface area contributed by atoms with Crippen molar-refractivity contribution in [3.8, 4) is 34.5 Å². The topological polar surface area (TPSA) is 328 Å². The maximum atomic E-state index is 9.69. The summed E-state index contributed by atoms with van der Waals surface area (Å²) in [5, 5.41) is 57.9. The van der Waals surface area contributed by atoms with Crippen LogP contribution in [-0.2, 0) is 34.1 Å². The van der Waals surface area contributed by atoms with E-state index in [2.05, 4.69) is 59.9 Å². The smallest absolute Gasteiger partial charge is 1.00 e. The normalized spacial score (nSPS) is 12.3. The van der Waals surface area contributed by atoms with Crippen LogP contribution in [0.25, 0.3) is 0 Å². The quantitative estimate of drug-likeness (QED) is 0.0176. The third kappa shape index (κ3) is 41.5. The fraction of sp³-hybridized carbons (Fsp3) is 0.273. The summed E-state index contributed by atoms with van der Waals surface area (Å²) in [6, 6.07) is 78.6. The fourth-order valence-corrected chi connectivity index (χ4v) is 12.2. The molecule has 30 heteroatoms. The fourth-order valence-electron chi connectivity index (χ4n) is 12.2. The number of aliphatic imine (C=N–C) groups is 6. The van der Waals surface area contributed by atoms with E-state index in [9.17, 15) is 30.6 Å². The second-order valence-electron chi connectivity index (χ2n) is 28.1. The van der Waals surface area contributed by atoms with E-state index in [1.54, 1.807) is 74.5 Å². The zero-order valence-corrected chi connectivity index (χ0v) is 76.4. The summed E-state index contributed by atoms with van der Waals surface area (Å²) in [5.41, 5.74) is 9.95. The number of aromatic nitrogens is 6. The van der Waals surface area contributed by atoms with Gasteiger partial charge in [0.25, 0.3) is 0 Å². The van der Waals surface area contributed by atoms with Crippen molar-refractivity contribution in [2.24, 2.45) is 30.0 Å². The molecule has 24 nitrogen and oxygen atoms in total. The third-order valence-corrected chi connectivity index (χ3v) is 19.0. The van der Waals surface area contributed by atoms with Crippen LogP contribution in [0.2, 0.25) is 0 Å². The number of aliphatic hydroxyl groups is 6. The minimum Gasteiger partial charge on any atom is -1.00 e. The number of pyridine rings is 6. The Morgan fingerprint density at radius 2 is 0.403 bits per heavy atom. The Labute approximate surface area is 801 Å². The first kappa shape index (κ1) is 110. The Morgan fingerprint density at radius 1 is 0.217 bits per heavy atom. The number of aliphatic hydroxyl groups excluding tert-OH is 6. The number of halogens is 4. The summed E-state index contributed by atoms with van der Waals surface area (Å²) in [7, 11) is 0. The number of hydrogen-bond acceptors (Lipinski definition) is 24. The summed E-state index contributed by atoms with van der Waals surface area (Å²) in [5.74, 6) is 4.32. The van der Waals surface area contributed by atoms with Gasteiger partial charge in [0.15, 0.2) is 0 Å². The molecule has 0 amide bonds. The van der Waals surface area contributed by atoms with Crippen LogP contribution in [-0.4, -0.2) is 177 Å². The summed E-state index contributed by atoms with van der Waals surface area (Å²) in [6.07, 6.45) is 28.5. The van der Waals surface area contributed by atoms with E-state index in [0.29, 0.717) is 96.8 Å². The molecular formula is C99H108Cl4Fe2N12O12. The molecule has 6 aromatic heterocycles. The van der Waals surface area contributed by atoms with Crippen molar-refractivity contribution in [2.75, 3.05) is 79.3 Å². The molecule has 12 rings (SSSR count). The van der Waals surface area contributed by atoms with Gasteiger partial charge in [0.2, 0.25) is 0 Å². The molecule has 680 valence electrons. The Bertz CT molecular complexity index is 4760. The van der Waals surface area contributed by atoms with Crippen LogP contribution in [0, 0.1) is 0 Å². The molecule has 0 radical (unpaired) electrons. The SMILES string of the molecule is OC[C@H](N=Cc1ccc(OCCCCCOc2ccc(C=N[C@@H](CO)c3ccccc3)nc2)cn1)c1ccccc1.OC[C@H](N=Cc1ccc(OCCCCCOc2ccnc(C=N[C@@H](CO)c3ccccc3)c2)cn1)c1ccccc1.OC[C@H](N=Cc1ccc(OCCCCCOc2ccnc(C=N[C@@H](CO)c3ccccc3)c2)cn1)c1ccccc1.[Cl-].[Cl-].[Cl-].[Cl-].[Fe+2].[Fe+2]. The average Bonchev–Trinajstić information content (AvgIpc) is 0.838. The van der Waals surface area contributed by atoms with Gasteiger partial charge in [-0.25, -0.2) is 0 Å². The van der Waals surface area contributed by atoms with Crippen molar-refractivity contribution in [3.63, 3.8) is 0 Å². The van der Waals surface area contributed by atoms with Crippen LogP contribution in [0.1, 0.15) is 162 Å². The predicted molar refractivity (Wildman–Crippen MR) is 483 cm³/mol. The van der Waals surface area contributed by atoms with Crippen LogP contribution >= 0.6 is 0 Å². The molecule has 6 N–H and O–H groups in total. The van der Waals surface area contributed by atoms with Gasteiger partial charge in [0.1, 0.15) is 34.5 Å². The average molecular weight is 1910 g/mol. The van der Waals surface area contributed by atoms with Gasteiger partial charge in [-0.3, -0.25) is 59.9 Å². The minimum absolute atomic E-state index is 0. The molecule has 0 spiro atoms. The van der Waals surface area contributed by atoms with Crippen LogP contribution in [0.4, 0.5) is 0 Å². The Kier molecular flexibility index (Phi) is 56.8. The first-order chi connectivity index (χ1) is 60.7. The summed E-state index contributed by atoms with van der Waals surface area (Å²) >= 11 is 0. The van der Waals surface area contributed by atoms with Crippen LogP contribution in [0.15, 0.2) is 322 Å². The van der Waals surface area contributed by atoms with E-state index in [1.807, 2.05) is 255 Å². The van der Waals surface area contributed by atoms with E-state index in [4.69, 9.17) is 28.4 Å². The first-order valence-electron chi connectivity index (χ1n) is 41.4. The van der Waals surface area contributed by atoms with Crippen LogP contribution in [0.3, 0.4) is 0 Å². The number of hydrogen-bond donors (Lipinski definition) is 6. The van der Waals surface area contributed by atoms with E-state index < -0.39 is 0 Å². The van der Waals surface area contributed by atoms with Crippen molar-refractivity contribution in [1.82, 2.24) is 29.9 Å². The largest absolute Gasteiger partial charge is 2.00 e. The minimum atomic E-state index is -0.322. The zero-order chi connectivity index (χ0) is 85.6. The van der Waals surface area contributed by atoms with Gasteiger partial charge in [-0.1, -0.05) is 182 Å². The Balaban J connectivity index is 0.000000396. The zero-order valence-electron chi connectivity index (χ0n) is 71.2. The number of rotatable bonds is 48. The van der Waals surface area contributed by atoms with E-state index in [0.717, 1.165) is 103 Å². The van der Waals surface area contributed by atoms with Crippen LogP contribution < -0.4 is 78.0 Å². The predicted octanol–water partition coefficient (Wildman–Crippen LogP) is 4.24. The van der Waals surface area contributed by atoms with Gasteiger partial charge < -0.3 is 109 Å². The first-order valence-corrected chi connectivity index (χ1v) is 41.4. The number of nitrogens with zero attached hydrogens (tertiary/aromatic N) is 12. The molecule has 0 aliphatic carbocycles. The molecular weight excluding hydrogens is 1800 g/mol.